The Kier molecular flexibility index (Phi) is 2.65. The molecule has 7 heteroatoms. The van der Waals surface area contributed by atoms with Gasteiger partial charge in [0.1, 0.15) is 11.1 Å². The van der Waals surface area contributed by atoms with Gasteiger partial charge >= 0.3 is 11.8 Å². The molecule has 1 aromatic heterocycles. The van der Waals surface area contributed by atoms with Gasteiger partial charge < -0.3 is 15.4 Å². The van der Waals surface area contributed by atoms with E-state index in [0.29, 0.717) is 0 Å². The fourth-order valence-corrected chi connectivity index (χ4v) is 1.39. The first kappa shape index (κ1) is 11.0. The van der Waals surface area contributed by atoms with Gasteiger partial charge in [0.2, 0.25) is 0 Å². The predicted molar refractivity (Wildman–Crippen MR) is 49.5 cm³/mol. The van der Waals surface area contributed by atoms with Gasteiger partial charge in [-0.15, -0.1) is 0 Å². The average Bonchev–Trinajstić information content (AvgIpc) is 2.19. The zero-order chi connectivity index (χ0) is 11.7. The summed E-state index contributed by atoms with van der Waals surface area (Å²) in [6, 6.07) is 0. The van der Waals surface area contributed by atoms with Gasteiger partial charge in [-0.1, -0.05) is 11.7 Å². The van der Waals surface area contributed by atoms with E-state index in [0.717, 1.165) is 0 Å². The van der Waals surface area contributed by atoms with Crippen LogP contribution in [0.5, 0.6) is 11.8 Å². The highest BCUT2D eigenvalue weighted by Crippen LogP contribution is 2.32. The zero-order valence-corrected chi connectivity index (χ0v) is 8.22. The second-order valence-corrected chi connectivity index (χ2v) is 3.00. The lowest BCUT2D eigenvalue weighted by atomic mass is 10.1. The zero-order valence-electron chi connectivity index (χ0n) is 8.22. The molecule has 0 fully saturated rings. The fourth-order valence-electron chi connectivity index (χ4n) is 1.39. The lowest BCUT2D eigenvalue weighted by Gasteiger charge is -2.07. The van der Waals surface area contributed by atoms with E-state index in [1.807, 2.05) is 0 Å². The van der Waals surface area contributed by atoms with Crippen LogP contribution in [0.4, 0.5) is 5.69 Å². The molecule has 0 saturated heterocycles. The molecule has 0 saturated carbocycles. The van der Waals surface area contributed by atoms with Gasteiger partial charge in [0, 0.05) is 0 Å². The Hall–Kier alpha value is -2.05. The van der Waals surface area contributed by atoms with Crippen LogP contribution in [-0.4, -0.2) is 15.1 Å². The molecule has 0 aliphatic carbocycles. The van der Waals surface area contributed by atoms with Gasteiger partial charge in [0.05, 0.1) is 4.92 Å². The third kappa shape index (κ3) is 1.51. The second-order valence-electron chi connectivity index (χ2n) is 3.00. The number of rotatable bonds is 2. The van der Waals surface area contributed by atoms with Gasteiger partial charge in [-0.05, 0) is 13.3 Å². The largest absolute Gasteiger partial charge is 0.613 e. The summed E-state index contributed by atoms with van der Waals surface area (Å²) in [6.45, 7) is 2.82. The summed E-state index contributed by atoms with van der Waals surface area (Å²) in [7, 11) is 0. The van der Waals surface area contributed by atoms with Crippen molar-refractivity contribution in [3.8, 4) is 11.8 Å². The van der Waals surface area contributed by atoms with Crippen molar-refractivity contribution in [1.29, 1.82) is 0 Å². The molecule has 0 aliphatic rings. The van der Waals surface area contributed by atoms with Crippen molar-refractivity contribution < 1.29 is 19.9 Å². The number of hydrogen-bond donors (Lipinski definition) is 2. The highest BCUT2D eigenvalue weighted by molar-refractivity contribution is 5.52. The minimum Gasteiger partial charge on any atom is -0.613 e. The molecule has 0 amide bonds. The minimum absolute atomic E-state index is 0.0784. The van der Waals surface area contributed by atoms with E-state index >= 15 is 0 Å². The Labute approximate surface area is 84.9 Å². The molecule has 0 spiro atoms. The molecule has 7 nitrogen and oxygen atoms in total. The van der Waals surface area contributed by atoms with Crippen molar-refractivity contribution in [2.24, 2.45) is 0 Å². The monoisotopic (exact) mass is 214 g/mol. The van der Waals surface area contributed by atoms with Gasteiger partial charge in [0.25, 0.3) is 5.69 Å². The number of aromatic hydroxyl groups is 2. The number of nitro groups is 1. The first-order valence-electron chi connectivity index (χ1n) is 4.23. The molecule has 0 bridgehead atoms. The van der Waals surface area contributed by atoms with Crippen LogP contribution in [0.15, 0.2) is 0 Å². The second kappa shape index (κ2) is 3.60. The minimum atomic E-state index is -0.851. The summed E-state index contributed by atoms with van der Waals surface area (Å²) in [6.07, 6.45) is 0.130. The Morgan fingerprint density at radius 1 is 1.40 bits per heavy atom. The summed E-state index contributed by atoms with van der Waals surface area (Å²) >= 11 is 0. The third-order valence-electron chi connectivity index (χ3n) is 2.17. The van der Waals surface area contributed by atoms with Crippen LogP contribution >= 0.6 is 0 Å². The molecule has 1 aromatic rings. The van der Waals surface area contributed by atoms with Crippen molar-refractivity contribution in [3.63, 3.8) is 0 Å². The van der Waals surface area contributed by atoms with E-state index < -0.39 is 22.4 Å². The Morgan fingerprint density at radius 2 is 1.93 bits per heavy atom. The SMILES string of the molecule is CCc1c([N+](=O)[O-])c(C)c(O)[n+]([O-])c1O. The molecule has 82 valence electrons. The van der Waals surface area contributed by atoms with Crippen LogP contribution in [-0.2, 0) is 6.42 Å². The maximum absolute atomic E-state index is 11.1. The summed E-state index contributed by atoms with van der Waals surface area (Å²) in [5, 5.41) is 40.4. The molecule has 1 heterocycles. The van der Waals surface area contributed by atoms with E-state index in [2.05, 4.69) is 0 Å². The van der Waals surface area contributed by atoms with Gasteiger partial charge in [-0.3, -0.25) is 10.1 Å². The predicted octanol–water partition coefficient (Wildman–Crippen LogP) is 0.510. The molecular weight excluding hydrogens is 204 g/mol. The van der Waals surface area contributed by atoms with E-state index in [9.17, 15) is 25.5 Å². The molecule has 0 aromatic carbocycles. The molecule has 0 atom stereocenters. The summed E-state index contributed by atoms with van der Waals surface area (Å²) in [5.74, 6) is -1.68. The van der Waals surface area contributed by atoms with Crippen LogP contribution in [0.3, 0.4) is 0 Å². The number of pyridine rings is 1. The van der Waals surface area contributed by atoms with E-state index in [1.165, 1.54) is 6.92 Å². The van der Waals surface area contributed by atoms with Crippen LogP contribution in [0.1, 0.15) is 18.1 Å². The first-order chi connectivity index (χ1) is 6.91. The Bertz CT molecular complexity index is 430. The smallest absolute Gasteiger partial charge is 0.390 e. The maximum Gasteiger partial charge on any atom is 0.390 e. The molecular formula is C8H10N2O5. The lowest BCUT2D eigenvalue weighted by Crippen LogP contribution is -2.29. The fraction of sp³-hybridized carbons (Fsp3) is 0.375. The van der Waals surface area contributed by atoms with E-state index in [1.54, 1.807) is 6.92 Å². The van der Waals surface area contributed by atoms with Gasteiger partial charge in [-0.2, -0.15) is 0 Å². The molecule has 0 radical (unpaired) electrons. The van der Waals surface area contributed by atoms with Crippen molar-refractivity contribution in [3.05, 3.63) is 26.4 Å². The van der Waals surface area contributed by atoms with Crippen molar-refractivity contribution in [2.75, 3.05) is 0 Å². The molecule has 0 aliphatic heterocycles. The van der Waals surface area contributed by atoms with Gasteiger partial charge in [-0.25, -0.2) is 0 Å². The molecule has 15 heavy (non-hydrogen) atoms. The van der Waals surface area contributed by atoms with E-state index in [-0.39, 0.29) is 22.3 Å². The molecule has 0 unspecified atom stereocenters. The van der Waals surface area contributed by atoms with Crippen LogP contribution in [0.25, 0.3) is 0 Å². The first-order valence-corrected chi connectivity index (χ1v) is 4.23. The summed E-state index contributed by atoms with van der Waals surface area (Å²) in [4.78, 5) is 9.96. The van der Waals surface area contributed by atoms with Gasteiger partial charge in [0.15, 0.2) is 0 Å². The van der Waals surface area contributed by atoms with Crippen LogP contribution < -0.4 is 4.73 Å². The van der Waals surface area contributed by atoms with Crippen molar-refractivity contribution >= 4 is 5.69 Å². The van der Waals surface area contributed by atoms with Crippen molar-refractivity contribution in [2.45, 2.75) is 20.3 Å². The normalized spacial score (nSPS) is 10.3. The van der Waals surface area contributed by atoms with Crippen LogP contribution in [0.2, 0.25) is 0 Å². The Balaban J connectivity index is 3.70. The lowest BCUT2D eigenvalue weighted by molar-refractivity contribution is -0.622. The van der Waals surface area contributed by atoms with Crippen LogP contribution in [0, 0.1) is 22.2 Å². The summed E-state index contributed by atoms with van der Waals surface area (Å²) < 4.78 is -0.124. The third-order valence-corrected chi connectivity index (χ3v) is 2.17. The number of nitrogens with zero attached hydrogens (tertiary/aromatic N) is 2. The van der Waals surface area contributed by atoms with Crippen molar-refractivity contribution in [1.82, 2.24) is 0 Å². The maximum atomic E-state index is 11.1. The highest BCUT2D eigenvalue weighted by Gasteiger charge is 2.31. The topological polar surface area (TPSA) is 111 Å². The number of aromatic nitrogens is 1. The number of hydrogen-bond acceptors (Lipinski definition) is 5. The molecule has 1 rings (SSSR count). The highest BCUT2D eigenvalue weighted by atomic mass is 16.6. The average molecular weight is 214 g/mol. The molecule has 2 N–H and O–H groups in total. The standard InChI is InChI=1S/C8H10N2O5/c1-3-5-6(10(14)15)4(2)7(11)9(13)8(5)12/h11-12H,3H2,1-2H3. The van der Waals surface area contributed by atoms with E-state index in [4.69, 9.17) is 0 Å². The Morgan fingerprint density at radius 3 is 2.33 bits per heavy atom. The quantitative estimate of drug-likeness (QED) is 0.322. The summed E-state index contributed by atoms with van der Waals surface area (Å²) in [5.41, 5.74) is -0.644.